The molecule has 3 rings (SSSR count). The summed E-state index contributed by atoms with van der Waals surface area (Å²) in [4.78, 5) is 28.0. The van der Waals surface area contributed by atoms with E-state index in [0.717, 1.165) is 9.87 Å². The number of carbonyl (C=O) groups is 2. The fourth-order valence-corrected chi connectivity index (χ4v) is 5.57. The number of anilines is 1. The van der Waals surface area contributed by atoms with Gasteiger partial charge in [0.1, 0.15) is 12.6 Å². The molecule has 1 atom stereocenters. The van der Waals surface area contributed by atoms with Crippen LogP contribution in [0.25, 0.3) is 0 Å². The summed E-state index contributed by atoms with van der Waals surface area (Å²) in [5.74, 6) is -0.823. The molecule has 0 spiro atoms. The first-order chi connectivity index (χ1) is 17.2. The van der Waals surface area contributed by atoms with Crippen molar-refractivity contribution in [1.29, 1.82) is 0 Å². The molecule has 36 heavy (non-hydrogen) atoms. The van der Waals surface area contributed by atoms with Crippen molar-refractivity contribution in [3.8, 4) is 0 Å². The molecule has 0 saturated heterocycles. The third-order valence-electron chi connectivity index (χ3n) is 5.89. The van der Waals surface area contributed by atoms with E-state index >= 15 is 0 Å². The number of halogens is 1. The minimum absolute atomic E-state index is 0.0728. The molecule has 0 aromatic heterocycles. The van der Waals surface area contributed by atoms with Gasteiger partial charge < -0.3 is 10.2 Å². The first-order valence-electron chi connectivity index (χ1n) is 11.6. The SMILES string of the molecule is CC[C@@H](C(=O)NC)N(Cc1ccc(Cl)cc1)C(=O)CN(c1ccccc1C)S(=O)(=O)c1ccccc1. The first kappa shape index (κ1) is 27.2. The van der Waals surface area contributed by atoms with E-state index in [4.69, 9.17) is 11.6 Å². The summed E-state index contributed by atoms with van der Waals surface area (Å²) in [6, 6.07) is 21.2. The third kappa shape index (κ3) is 6.25. The van der Waals surface area contributed by atoms with Crippen LogP contribution in [0.5, 0.6) is 0 Å². The number of carbonyl (C=O) groups excluding carboxylic acids is 2. The van der Waals surface area contributed by atoms with Crippen LogP contribution in [-0.4, -0.2) is 44.8 Å². The van der Waals surface area contributed by atoms with E-state index < -0.39 is 28.5 Å². The maximum Gasteiger partial charge on any atom is 0.264 e. The lowest BCUT2D eigenvalue weighted by Crippen LogP contribution is -2.51. The Balaban J connectivity index is 2.05. The zero-order valence-corrected chi connectivity index (χ0v) is 22.1. The van der Waals surface area contributed by atoms with Crippen molar-refractivity contribution in [2.75, 3.05) is 17.9 Å². The van der Waals surface area contributed by atoms with Crippen molar-refractivity contribution in [3.63, 3.8) is 0 Å². The summed E-state index contributed by atoms with van der Waals surface area (Å²) in [7, 11) is -2.56. The Labute approximate surface area is 217 Å². The Kier molecular flexibility index (Phi) is 9.12. The molecule has 1 N–H and O–H groups in total. The average Bonchev–Trinajstić information content (AvgIpc) is 2.89. The number of sulfonamides is 1. The number of amides is 2. The van der Waals surface area contributed by atoms with Crippen molar-refractivity contribution in [3.05, 3.63) is 95.0 Å². The second-order valence-electron chi connectivity index (χ2n) is 8.30. The number of benzene rings is 3. The largest absolute Gasteiger partial charge is 0.357 e. The average molecular weight is 528 g/mol. The molecule has 0 aliphatic rings. The van der Waals surface area contributed by atoms with Crippen molar-refractivity contribution in [1.82, 2.24) is 10.2 Å². The van der Waals surface area contributed by atoms with E-state index in [2.05, 4.69) is 5.32 Å². The van der Waals surface area contributed by atoms with Crippen LogP contribution in [0.3, 0.4) is 0 Å². The van der Waals surface area contributed by atoms with Crippen LogP contribution < -0.4 is 9.62 Å². The molecule has 0 bridgehead atoms. The second kappa shape index (κ2) is 12.1. The van der Waals surface area contributed by atoms with Crippen LogP contribution >= 0.6 is 11.6 Å². The molecule has 0 aliphatic heterocycles. The Morgan fingerprint density at radius 1 is 0.944 bits per heavy atom. The van der Waals surface area contributed by atoms with Gasteiger partial charge in [0.05, 0.1) is 10.6 Å². The van der Waals surface area contributed by atoms with Crippen molar-refractivity contribution in [2.45, 2.75) is 37.8 Å². The van der Waals surface area contributed by atoms with Gasteiger partial charge in [-0.3, -0.25) is 13.9 Å². The van der Waals surface area contributed by atoms with Crippen LogP contribution in [0.2, 0.25) is 5.02 Å². The van der Waals surface area contributed by atoms with Gasteiger partial charge in [-0.25, -0.2) is 8.42 Å². The van der Waals surface area contributed by atoms with Gasteiger partial charge in [-0.15, -0.1) is 0 Å². The van der Waals surface area contributed by atoms with E-state index in [1.54, 1.807) is 73.7 Å². The van der Waals surface area contributed by atoms with Crippen molar-refractivity contribution < 1.29 is 18.0 Å². The maximum absolute atomic E-state index is 13.8. The van der Waals surface area contributed by atoms with E-state index in [0.29, 0.717) is 22.7 Å². The van der Waals surface area contributed by atoms with Gasteiger partial charge in [0, 0.05) is 18.6 Å². The van der Waals surface area contributed by atoms with Crippen molar-refractivity contribution in [2.24, 2.45) is 0 Å². The molecule has 0 heterocycles. The number of aryl methyl sites for hydroxylation is 1. The lowest BCUT2D eigenvalue weighted by molar-refractivity contribution is -0.140. The normalized spacial score (nSPS) is 12.0. The topological polar surface area (TPSA) is 86.8 Å². The summed E-state index contributed by atoms with van der Waals surface area (Å²) in [6.07, 6.45) is 0.356. The van der Waals surface area contributed by atoms with Gasteiger partial charge in [-0.1, -0.05) is 67.1 Å². The number of hydrogen-bond donors (Lipinski definition) is 1. The molecular weight excluding hydrogens is 498 g/mol. The zero-order valence-electron chi connectivity index (χ0n) is 20.5. The van der Waals surface area contributed by atoms with Gasteiger partial charge in [-0.2, -0.15) is 0 Å². The summed E-state index contributed by atoms with van der Waals surface area (Å²) < 4.78 is 28.6. The molecule has 7 nitrogen and oxygen atoms in total. The molecule has 9 heteroatoms. The smallest absolute Gasteiger partial charge is 0.264 e. The van der Waals surface area contributed by atoms with Crippen LogP contribution in [0.15, 0.2) is 83.8 Å². The highest BCUT2D eigenvalue weighted by atomic mass is 35.5. The number of nitrogens with zero attached hydrogens (tertiary/aromatic N) is 2. The fourth-order valence-electron chi connectivity index (χ4n) is 3.95. The summed E-state index contributed by atoms with van der Waals surface area (Å²) >= 11 is 6.02. The van der Waals surface area contributed by atoms with Crippen LogP contribution in [0.1, 0.15) is 24.5 Å². The summed E-state index contributed by atoms with van der Waals surface area (Å²) in [5.41, 5.74) is 1.87. The monoisotopic (exact) mass is 527 g/mol. The Morgan fingerprint density at radius 2 is 1.56 bits per heavy atom. The highest BCUT2D eigenvalue weighted by Crippen LogP contribution is 2.27. The van der Waals surface area contributed by atoms with Crippen LogP contribution in [0, 0.1) is 6.92 Å². The summed E-state index contributed by atoms with van der Waals surface area (Å²) in [6.45, 7) is 3.25. The molecule has 0 aliphatic carbocycles. The van der Waals surface area contributed by atoms with E-state index in [1.165, 1.54) is 24.1 Å². The predicted molar refractivity (Wildman–Crippen MR) is 142 cm³/mol. The molecule has 0 saturated carbocycles. The Hall–Kier alpha value is -3.36. The van der Waals surface area contributed by atoms with Gasteiger partial charge in [0.2, 0.25) is 11.8 Å². The maximum atomic E-state index is 13.8. The van der Waals surface area contributed by atoms with Gasteiger partial charge >= 0.3 is 0 Å². The number of nitrogens with one attached hydrogen (secondary N) is 1. The van der Waals surface area contributed by atoms with Crippen LogP contribution in [-0.2, 0) is 26.2 Å². The highest BCUT2D eigenvalue weighted by molar-refractivity contribution is 7.92. The lowest BCUT2D eigenvalue weighted by Gasteiger charge is -2.33. The minimum Gasteiger partial charge on any atom is -0.357 e. The van der Waals surface area contributed by atoms with E-state index in [9.17, 15) is 18.0 Å². The zero-order chi connectivity index (χ0) is 26.3. The number of para-hydroxylation sites is 1. The Morgan fingerprint density at radius 3 is 2.14 bits per heavy atom. The number of hydrogen-bond acceptors (Lipinski definition) is 4. The number of likely N-dealkylation sites (N-methyl/N-ethyl adjacent to an activating group) is 1. The van der Waals surface area contributed by atoms with Gasteiger partial charge in [0.25, 0.3) is 10.0 Å². The molecule has 0 radical (unpaired) electrons. The predicted octanol–water partition coefficient (Wildman–Crippen LogP) is 4.40. The standard InChI is InChI=1S/C27H30ClN3O4S/c1-4-24(27(33)29-3)30(18-21-14-16-22(28)17-15-21)26(32)19-31(25-13-9-8-10-20(25)2)36(34,35)23-11-6-5-7-12-23/h5-17,24H,4,18-19H2,1-3H3,(H,29,33)/t24-/m0/s1. The molecule has 0 fully saturated rings. The minimum atomic E-state index is -4.07. The molecule has 3 aromatic rings. The second-order valence-corrected chi connectivity index (χ2v) is 10.6. The summed E-state index contributed by atoms with van der Waals surface area (Å²) in [5, 5.41) is 3.16. The van der Waals surface area contributed by atoms with Gasteiger partial charge in [0.15, 0.2) is 0 Å². The number of rotatable bonds is 10. The van der Waals surface area contributed by atoms with Crippen molar-refractivity contribution >= 4 is 39.1 Å². The Bertz CT molecular complexity index is 1300. The lowest BCUT2D eigenvalue weighted by atomic mass is 10.1. The molecule has 0 unspecified atom stereocenters. The third-order valence-corrected chi connectivity index (χ3v) is 7.92. The first-order valence-corrected chi connectivity index (χ1v) is 13.4. The quantitative estimate of drug-likeness (QED) is 0.423. The molecule has 2 amide bonds. The highest BCUT2D eigenvalue weighted by Gasteiger charge is 2.33. The fraction of sp³-hybridized carbons (Fsp3) is 0.259. The molecular formula is C27H30ClN3O4S. The van der Waals surface area contributed by atoms with E-state index in [1.807, 2.05) is 6.92 Å². The van der Waals surface area contributed by atoms with Crippen LogP contribution in [0.4, 0.5) is 5.69 Å². The molecule has 190 valence electrons. The van der Waals surface area contributed by atoms with E-state index in [-0.39, 0.29) is 17.3 Å². The molecule has 3 aromatic carbocycles. The van der Waals surface area contributed by atoms with Gasteiger partial charge in [-0.05, 0) is 54.8 Å².